The maximum absolute atomic E-state index is 12.1. The Bertz CT molecular complexity index is 589. The van der Waals surface area contributed by atoms with E-state index in [1.807, 2.05) is 45.0 Å². The fourth-order valence-electron chi connectivity index (χ4n) is 1.95. The monoisotopic (exact) mass is 260 g/mol. The van der Waals surface area contributed by atoms with Gasteiger partial charge in [0.1, 0.15) is 5.69 Å². The molecule has 0 bridgehead atoms. The molecular formula is C15H20N2O2. The minimum Gasteiger partial charge on any atom is -0.396 e. The van der Waals surface area contributed by atoms with Crippen molar-refractivity contribution in [3.05, 3.63) is 35.5 Å². The van der Waals surface area contributed by atoms with Crippen molar-refractivity contribution in [2.45, 2.75) is 26.8 Å². The molecule has 0 aliphatic rings. The fraction of sp³-hybridized carbons (Fsp3) is 0.400. The lowest BCUT2D eigenvalue weighted by Gasteiger charge is -2.18. The van der Waals surface area contributed by atoms with Crippen molar-refractivity contribution in [1.29, 1.82) is 0 Å². The third kappa shape index (κ3) is 2.96. The van der Waals surface area contributed by atoms with E-state index < -0.39 is 0 Å². The lowest BCUT2D eigenvalue weighted by Crippen LogP contribution is -2.38. The average Bonchev–Trinajstić information content (AvgIpc) is 2.80. The van der Waals surface area contributed by atoms with Crippen LogP contribution in [-0.4, -0.2) is 28.6 Å². The van der Waals surface area contributed by atoms with Gasteiger partial charge in [0, 0.05) is 23.6 Å². The third-order valence-corrected chi connectivity index (χ3v) is 3.52. The van der Waals surface area contributed by atoms with Gasteiger partial charge >= 0.3 is 0 Å². The number of fused-ring (bicyclic) bond motifs is 1. The molecule has 3 N–H and O–H groups in total. The van der Waals surface area contributed by atoms with Gasteiger partial charge in [0.15, 0.2) is 0 Å². The molecule has 4 nitrogen and oxygen atoms in total. The highest BCUT2D eigenvalue weighted by molar-refractivity contribution is 5.98. The second-order valence-corrected chi connectivity index (χ2v) is 5.20. The maximum Gasteiger partial charge on any atom is 0.267 e. The molecule has 1 aromatic carbocycles. The molecule has 0 aliphatic carbocycles. The van der Waals surface area contributed by atoms with Gasteiger partial charge in [-0.3, -0.25) is 4.79 Å². The largest absolute Gasteiger partial charge is 0.396 e. The zero-order valence-electron chi connectivity index (χ0n) is 11.5. The molecule has 0 radical (unpaired) electrons. The van der Waals surface area contributed by atoms with Crippen molar-refractivity contribution in [2.75, 3.05) is 6.61 Å². The van der Waals surface area contributed by atoms with Gasteiger partial charge in [-0.15, -0.1) is 0 Å². The number of aromatic amines is 1. The van der Waals surface area contributed by atoms with E-state index in [-0.39, 0.29) is 24.5 Å². The van der Waals surface area contributed by atoms with E-state index in [1.54, 1.807) is 0 Å². The van der Waals surface area contributed by atoms with E-state index in [2.05, 4.69) is 10.3 Å². The van der Waals surface area contributed by atoms with Crippen molar-refractivity contribution < 1.29 is 9.90 Å². The number of aliphatic hydroxyl groups is 1. The average molecular weight is 260 g/mol. The van der Waals surface area contributed by atoms with Gasteiger partial charge in [-0.2, -0.15) is 0 Å². The minimum absolute atomic E-state index is 0.0376. The first-order valence-corrected chi connectivity index (χ1v) is 6.52. The van der Waals surface area contributed by atoms with Crippen LogP contribution in [0.3, 0.4) is 0 Å². The molecule has 2 aromatic rings. The molecule has 2 atom stereocenters. The highest BCUT2D eigenvalue weighted by atomic mass is 16.3. The summed E-state index contributed by atoms with van der Waals surface area (Å²) in [6.07, 6.45) is 0. The lowest BCUT2D eigenvalue weighted by molar-refractivity contribution is 0.0912. The Balaban J connectivity index is 2.17. The molecule has 0 saturated carbocycles. The van der Waals surface area contributed by atoms with Crippen LogP contribution >= 0.6 is 0 Å². The number of carbonyl (C=O) groups excluding carboxylic acids is 1. The van der Waals surface area contributed by atoms with Crippen molar-refractivity contribution in [3.8, 4) is 0 Å². The van der Waals surface area contributed by atoms with Crippen LogP contribution in [0.4, 0.5) is 0 Å². The normalized spacial score (nSPS) is 14.3. The van der Waals surface area contributed by atoms with Crippen molar-refractivity contribution >= 4 is 16.8 Å². The Hall–Kier alpha value is -1.81. The van der Waals surface area contributed by atoms with Crippen LogP contribution in [0.2, 0.25) is 0 Å². The zero-order valence-corrected chi connectivity index (χ0v) is 11.5. The number of hydrogen-bond acceptors (Lipinski definition) is 2. The minimum atomic E-state index is -0.137. The molecule has 4 heteroatoms. The highest BCUT2D eigenvalue weighted by Gasteiger charge is 2.16. The number of nitrogens with one attached hydrogen (secondary N) is 2. The van der Waals surface area contributed by atoms with E-state index >= 15 is 0 Å². The first kappa shape index (κ1) is 13.6. The molecule has 19 heavy (non-hydrogen) atoms. The number of H-pyrrole nitrogens is 1. The van der Waals surface area contributed by atoms with Gasteiger partial charge < -0.3 is 15.4 Å². The molecule has 1 amide bonds. The van der Waals surface area contributed by atoms with Crippen LogP contribution < -0.4 is 5.32 Å². The second-order valence-electron chi connectivity index (χ2n) is 5.20. The topological polar surface area (TPSA) is 65.1 Å². The Labute approximate surface area is 112 Å². The molecule has 1 heterocycles. The number of aromatic nitrogens is 1. The van der Waals surface area contributed by atoms with Crippen LogP contribution in [-0.2, 0) is 0 Å². The van der Waals surface area contributed by atoms with E-state index in [1.165, 1.54) is 0 Å². The van der Waals surface area contributed by atoms with Crippen molar-refractivity contribution in [2.24, 2.45) is 5.92 Å². The number of rotatable bonds is 4. The number of aryl methyl sites for hydroxylation is 1. The summed E-state index contributed by atoms with van der Waals surface area (Å²) >= 11 is 0. The number of benzene rings is 1. The van der Waals surface area contributed by atoms with Gasteiger partial charge in [-0.1, -0.05) is 19.1 Å². The first-order chi connectivity index (χ1) is 9.01. The molecule has 2 rings (SSSR count). The number of carbonyl (C=O) groups is 1. The Morgan fingerprint density at radius 3 is 2.79 bits per heavy atom. The second kappa shape index (κ2) is 5.45. The molecule has 0 spiro atoms. The van der Waals surface area contributed by atoms with E-state index in [0.717, 1.165) is 16.5 Å². The molecule has 0 aliphatic heterocycles. The number of hydrogen-bond donors (Lipinski definition) is 3. The third-order valence-electron chi connectivity index (χ3n) is 3.52. The highest BCUT2D eigenvalue weighted by Crippen LogP contribution is 2.17. The molecule has 1 aromatic heterocycles. The summed E-state index contributed by atoms with van der Waals surface area (Å²) in [4.78, 5) is 15.2. The summed E-state index contributed by atoms with van der Waals surface area (Å²) in [7, 11) is 0. The van der Waals surface area contributed by atoms with Crippen LogP contribution in [0.25, 0.3) is 10.9 Å². The van der Waals surface area contributed by atoms with Gasteiger partial charge in [-0.25, -0.2) is 0 Å². The summed E-state index contributed by atoms with van der Waals surface area (Å²) in [6.45, 7) is 5.88. The lowest BCUT2D eigenvalue weighted by atomic mass is 10.1. The molecule has 0 saturated heterocycles. The molecular weight excluding hydrogens is 240 g/mol. The Kier molecular flexibility index (Phi) is 3.90. The Morgan fingerprint density at radius 1 is 1.37 bits per heavy atom. The van der Waals surface area contributed by atoms with Crippen LogP contribution in [0.1, 0.15) is 29.9 Å². The summed E-state index contributed by atoms with van der Waals surface area (Å²) in [5, 5.41) is 13.0. The standard InChI is InChI=1S/C15H20N2O2/c1-9-4-5-12-7-14(17-13(12)6-9)15(19)16-11(3)10(2)8-18/h4-7,10-11,17-18H,8H2,1-3H3,(H,16,19). The zero-order chi connectivity index (χ0) is 14.0. The van der Waals surface area contributed by atoms with E-state index in [4.69, 9.17) is 5.11 Å². The summed E-state index contributed by atoms with van der Waals surface area (Å²) < 4.78 is 0. The quantitative estimate of drug-likeness (QED) is 0.789. The van der Waals surface area contributed by atoms with E-state index in [9.17, 15) is 4.79 Å². The van der Waals surface area contributed by atoms with Gasteiger partial charge in [0.05, 0.1) is 0 Å². The Morgan fingerprint density at radius 2 is 2.11 bits per heavy atom. The van der Waals surface area contributed by atoms with E-state index in [0.29, 0.717) is 5.69 Å². The van der Waals surface area contributed by atoms with Crippen LogP contribution in [0.15, 0.2) is 24.3 Å². The van der Waals surface area contributed by atoms with Gasteiger partial charge in [-0.05, 0) is 37.5 Å². The van der Waals surface area contributed by atoms with Crippen molar-refractivity contribution in [3.63, 3.8) is 0 Å². The summed E-state index contributed by atoms with van der Waals surface area (Å²) in [5.41, 5.74) is 2.68. The predicted octanol–water partition coefficient (Wildman–Crippen LogP) is 2.22. The number of aliphatic hydroxyl groups excluding tert-OH is 1. The summed E-state index contributed by atoms with van der Waals surface area (Å²) in [6, 6.07) is 7.82. The molecule has 0 fully saturated rings. The summed E-state index contributed by atoms with van der Waals surface area (Å²) in [5.74, 6) is -0.0998. The molecule has 2 unspecified atom stereocenters. The van der Waals surface area contributed by atoms with Crippen LogP contribution in [0, 0.1) is 12.8 Å². The first-order valence-electron chi connectivity index (χ1n) is 6.52. The SMILES string of the molecule is Cc1ccc2cc(C(=O)NC(C)C(C)CO)[nH]c2c1. The fourth-order valence-corrected chi connectivity index (χ4v) is 1.95. The van der Waals surface area contributed by atoms with Crippen molar-refractivity contribution in [1.82, 2.24) is 10.3 Å². The smallest absolute Gasteiger partial charge is 0.267 e. The molecule has 102 valence electrons. The van der Waals surface area contributed by atoms with Crippen LogP contribution in [0.5, 0.6) is 0 Å². The predicted molar refractivity (Wildman–Crippen MR) is 76.2 cm³/mol. The maximum atomic E-state index is 12.1. The number of amides is 1. The van der Waals surface area contributed by atoms with Gasteiger partial charge in [0.2, 0.25) is 0 Å². The van der Waals surface area contributed by atoms with Gasteiger partial charge in [0.25, 0.3) is 5.91 Å².